The SMILES string of the molecule is COc1ccc(NC(=O)COc2c(/C=N\NC(=O)C(=O)NCC(C)C)cccc2OC)cc1. The average Bonchev–Trinajstić information content (AvgIpc) is 2.81. The molecule has 0 aliphatic carbocycles. The van der Waals surface area contributed by atoms with Crippen molar-refractivity contribution in [3.63, 3.8) is 0 Å². The van der Waals surface area contributed by atoms with Gasteiger partial charge in [-0.25, -0.2) is 5.43 Å². The maximum atomic E-state index is 12.3. The summed E-state index contributed by atoms with van der Waals surface area (Å²) in [4.78, 5) is 35.9. The Morgan fingerprint density at radius 3 is 2.36 bits per heavy atom. The average molecular weight is 456 g/mol. The molecule has 10 heteroatoms. The van der Waals surface area contributed by atoms with E-state index in [2.05, 4.69) is 21.2 Å². The summed E-state index contributed by atoms with van der Waals surface area (Å²) in [5, 5.41) is 9.02. The predicted molar refractivity (Wildman–Crippen MR) is 124 cm³/mol. The Kier molecular flexibility index (Phi) is 9.69. The maximum Gasteiger partial charge on any atom is 0.329 e. The zero-order valence-electron chi connectivity index (χ0n) is 19.0. The van der Waals surface area contributed by atoms with Gasteiger partial charge < -0.3 is 24.8 Å². The smallest absolute Gasteiger partial charge is 0.329 e. The molecule has 0 aliphatic heterocycles. The molecule has 0 atom stereocenters. The van der Waals surface area contributed by atoms with Crippen LogP contribution < -0.4 is 30.3 Å². The fourth-order valence-corrected chi connectivity index (χ4v) is 2.55. The van der Waals surface area contributed by atoms with E-state index in [9.17, 15) is 14.4 Å². The summed E-state index contributed by atoms with van der Waals surface area (Å²) in [5.41, 5.74) is 3.19. The van der Waals surface area contributed by atoms with Gasteiger partial charge in [-0.1, -0.05) is 19.9 Å². The maximum absolute atomic E-state index is 12.3. The van der Waals surface area contributed by atoms with E-state index in [1.807, 2.05) is 13.8 Å². The molecule has 0 aliphatic rings. The highest BCUT2D eigenvalue weighted by molar-refractivity contribution is 6.35. The van der Waals surface area contributed by atoms with Crippen molar-refractivity contribution < 1.29 is 28.6 Å². The molecule has 0 bridgehead atoms. The fourth-order valence-electron chi connectivity index (χ4n) is 2.55. The third-order valence-corrected chi connectivity index (χ3v) is 4.20. The minimum absolute atomic E-state index is 0.212. The molecule has 0 saturated heterocycles. The quantitative estimate of drug-likeness (QED) is 0.285. The van der Waals surface area contributed by atoms with E-state index in [0.29, 0.717) is 29.3 Å². The molecule has 2 aromatic carbocycles. The van der Waals surface area contributed by atoms with E-state index in [1.54, 1.807) is 49.6 Å². The van der Waals surface area contributed by atoms with E-state index in [-0.39, 0.29) is 24.2 Å². The van der Waals surface area contributed by atoms with Crippen molar-refractivity contribution in [2.24, 2.45) is 11.0 Å². The molecule has 0 aromatic heterocycles. The molecule has 0 heterocycles. The van der Waals surface area contributed by atoms with Crippen LogP contribution in [0.1, 0.15) is 19.4 Å². The first-order valence-electron chi connectivity index (χ1n) is 10.2. The first kappa shape index (κ1) is 25.2. The molecular formula is C23H28N4O6. The Balaban J connectivity index is 2.00. The number of amides is 3. The van der Waals surface area contributed by atoms with Crippen LogP contribution in [0, 0.1) is 5.92 Å². The van der Waals surface area contributed by atoms with Crippen molar-refractivity contribution in [2.75, 3.05) is 32.7 Å². The van der Waals surface area contributed by atoms with Crippen LogP contribution in [0.2, 0.25) is 0 Å². The number of rotatable bonds is 10. The number of carbonyl (C=O) groups is 3. The molecule has 2 aromatic rings. The Hall–Kier alpha value is -4.08. The minimum atomic E-state index is -0.892. The van der Waals surface area contributed by atoms with Crippen LogP contribution in [0.5, 0.6) is 17.2 Å². The number of carbonyl (C=O) groups excluding carboxylic acids is 3. The van der Waals surface area contributed by atoms with E-state index >= 15 is 0 Å². The molecule has 0 spiro atoms. The number of methoxy groups -OCH3 is 2. The van der Waals surface area contributed by atoms with Crippen LogP contribution in [0.15, 0.2) is 47.6 Å². The van der Waals surface area contributed by atoms with Crippen LogP contribution in [-0.4, -0.2) is 51.3 Å². The van der Waals surface area contributed by atoms with Gasteiger partial charge in [0.1, 0.15) is 5.75 Å². The van der Waals surface area contributed by atoms with Gasteiger partial charge in [0.25, 0.3) is 5.91 Å². The fraction of sp³-hybridized carbons (Fsp3) is 0.304. The highest BCUT2D eigenvalue weighted by atomic mass is 16.5. The van der Waals surface area contributed by atoms with Crippen molar-refractivity contribution in [3.05, 3.63) is 48.0 Å². The number of ether oxygens (including phenoxy) is 3. The van der Waals surface area contributed by atoms with Crippen LogP contribution in [0.4, 0.5) is 5.69 Å². The zero-order valence-corrected chi connectivity index (χ0v) is 19.0. The normalized spacial score (nSPS) is 10.6. The minimum Gasteiger partial charge on any atom is -0.497 e. The molecule has 176 valence electrons. The summed E-state index contributed by atoms with van der Waals surface area (Å²) in [7, 11) is 3.02. The summed E-state index contributed by atoms with van der Waals surface area (Å²) in [6.07, 6.45) is 1.30. The largest absolute Gasteiger partial charge is 0.497 e. The Bertz CT molecular complexity index is 989. The Morgan fingerprint density at radius 1 is 1.00 bits per heavy atom. The van der Waals surface area contributed by atoms with Crippen LogP contribution in [-0.2, 0) is 14.4 Å². The second-order valence-corrected chi connectivity index (χ2v) is 7.25. The van der Waals surface area contributed by atoms with Gasteiger partial charge in [-0.2, -0.15) is 5.10 Å². The molecule has 10 nitrogen and oxygen atoms in total. The topological polar surface area (TPSA) is 127 Å². The second-order valence-electron chi connectivity index (χ2n) is 7.25. The van der Waals surface area contributed by atoms with Gasteiger partial charge in [-0.05, 0) is 42.3 Å². The van der Waals surface area contributed by atoms with Gasteiger partial charge >= 0.3 is 11.8 Å². The molecular weight excluding hydrogens is 428 g/mol. The Labute approximate surface area is 192 Å². The molecule has 3 N–H and O–H groups in total. The Morgan fingerprint density at radius 2 is 1.73 bits per heavy atom. The van der Waals surface area contributed by atoms with Crippen molar-refractivity contribution >= 4 is 29.6 Å². The lowest BCUT2D eigenvalue weighted by molar-refractivity contribution is -0.139. The lowest BCUT2D eigenvalue weighted by Gasteiger charge is -2.13. The van der Waals surface area contributed by atoms with Gasteiger partial charge in [-0.15, -0.1) is 0 Å². The summed E-state index contributed by atoms with van der Waals surface area (Å²) in [6.45, 7) is 3.91. The highest BCUT2D eigenvalue weighted by Crippen LogP contribution is 2.30. The lowest BCUT2D eigenvalue weighted by Crippen LogP contribution is -2.39. The first-order valence-corrected chi connectivity index (χ1v) is 10.2. The van der Waals surface area contributed by atoms with Crippen molar-refractivity contribution in [1.82, 2.24) is 10.7 Å². The monoisotopic (exact) mass is 456 g/mol. The van der Waals surface area contributed by atoms with E-state index in [0.717, 1.165) is 0 Å². The lowest BCUT2D eigenvalue weighted by atomic mass is 10.2. The summed E-state index contributed by atoms with van der Waals surface area (Å²) in [5.74, 6) is -0.543. The van der Waals surface area contributed by atoms with Crippen LogP contribution in [0.3, 0.4) is 0 Å². The van der Waals surface area contributed by atoms with Crippen LogP contribution in [0.25, 0.3) is 0 Å². The zero-order chi connectivity index (χ0) is 24.2. The third kappa shape index (κ3) is 8.17. The number of nitrogens with one attached hydrogen (secondary N) is 3. The van der Waals surface area contributed by atoms with E-state index in [1.165, 1.54) is 13.3 Å². The van der Waals surface area contributed by atoms with Gasteiger partial charge in [0, 0.05) is 17.8 Å². The molecule has 2 rings (SSSR count). The second kappa shape index (κ2) is 12.7. The predicted octanol–water partition coefficient (Wildman–Crippen LogP) is 1.94. The molecule has 0 unspecified atom stereocenters. The van der Waals surface area contributed by atoms with Crippen molar-refractivity contribution in [2.45, 2.75) is 13.8 Å². The number of hydrogen-bond donors (Lipinski definition) is 3. The number of anilines is 1. The summed E-state index contributed by atoms with van der Waals surface area (Å²) in [6, 6.07) is 11.9. The first-order chi connectivity index (χ1) is 15.8. The van der Waals surface area contributed by atoms with Gasteiger partial charge in [-0.3, -0.25) is 14.4 Å². The number of para-hydroxylation sites is 1. The molecule has 3 amide bonds. The molecule has 33 heavy (non-hydrogen) atoms. The highest BCUT2D eigenvalue weighted by Gasteiger charge is 2.14. The van der Waals surface area contributed by atoms with Crippen LogP contribution >= 0.6 is 0 Å². The number of hydrazone groups is 1. The molecule has 0 fully saturated rings. The van der Waals surface area contributed by atoms with E-state index in [4.69, 9.17) is 14.2 Å². The van der Waals surface area contributed by atoms with Crippen molar-refractivity contribution in [3.8, 4) is 17.2 Å². The third-order valence-electron chi connectivity index (χ3n) is 4.20. The molecule has 0 radical (unpaired) electrons. The van der Waals surface area contributed by atoms with Crippen molar-refractivity contribution in [1.29, 1.82) is 0 Å². The number of hydrogen-bond acceptors (Lipinski definition) is 7. The molecule has 0 saturated carbocycles. The van der Waals surface area contributed by atoms with Gasteiger partial charge in [0.15, 0.2) is 18.1 Å². The number of nitrogens with zero attached hydrogens (tertiary/aromatic N) is 1. The van der Waals surface area contributed by atoms with Gasteiger partial charge in [0.05, 0.1) is 20.4 Å². The summed E-state index contributed by atoms with van der Waals surface area (Å²) >= 11 is 0. The van der Waals surface area contributed by atoms with Gasteiger partial charge in [0.2, 0.25) is 0 Å². The summed E-state index contributed by atoms with van der Waals surface area (Å²) < 4.78 is 16.0. The van der Waals surface area contributed by atoms with E-state index < -0.39 is 11.8 Å². The standard InChI is InChI=1S/C23H28N4O6/c1-15(2)12-24-22(29)23(30)27-25-13-16-6-5-7-19(32-4)21(16)33-14-20(28)26-17-8-10-18(31-3)11-9-17/h5-11,13,15H,12,14H2,1-4H3,(H,24,29)(H,26,28)(H,27,30)/b25-13-. The number of benzene rings is 2.